The van der Waals surface area contributed by atoms with Gasteiger partial charge in [-0.1, -0.05) is 28.1 Å². The van der Waals surface area contributed by atoms with Gasteiger partial charge in [-0.25, -0.2) is 9.97 Å². The number of nitrogens with zero attached hydrogens (tertiary/aromatic N) is 4. The molecular weight excluding hydrogens is 540 g/mol. The molecule has 2 heterocycles. The maximum Gasteiger partial charge on any atom is 0.335 e. The Kier molecular flexibility index (Phi) is 7.62. The first-order valence-electron chi connectivity index (χ1n) is 10.9. The zero-order valence-electron chi connectivity index (χ0n) is 19.0. The maximum absolute atomic E-state index is 13.3. The lowest BCUT2D eigenvalue weighted by Crippen LogP contribution is -2.31. The summed E-state index contributed by atoms with van der Waals surface area (Å²) in [4.78, 5) is 21.4. The highest BCUT2D eigenvalue weighted by atomic mass is 79.9. The Labute approximate surface area is 211 Å². The van der Waals surface area contributed by atoms with Gasteiger partial charge in [-0.3, -0.25) is 13.7 Å². The molecule has 0 bridgehead atoms. The smallest absolute Gasteiger partial charge is 0.335 e. The van der Waals surface area contributed by atoms with E-state index in [1.54, 1.807) is 16.9 Å². The van der Waals surface area contributed by atoms with Crippen LogP contribution in [0.5, 0.6) is 0 Å². The number of halogens is 1. The highest BCUT2D eigenvalue weighted by molar-refractivity contribution is 9.10. The highest BCUT2D eigenvalue weighted by Crippen LogP contribution is 2.28. The van der Waals surface area contributed by atoms with Crippen molar-refractivity contribution < 1.29 is 22.5 Å². The van der Waals surface area contributed by atoms with Crippen molar-refractivity contribution in [1.29, 1.82) is 0 Å². The van der Waals surface area contributed by atoms with E-state index in [9.17, 15) is 18.3 Å². The summed E-state index contributed by atoms with van der Waals surface area (Å²) in [6, 6.07) is 9.04. The molecule has 35 heavy (non-hydrogen) atoms. The van der Waals surface area contributed by atoms with Crippen LogP contribution in [0.1, 0.15) is 47.4 Å². The van der Waals surface area contributed by atoms with Crippen LogP contribution in [0.25, 0.3) is 0 Å². The number of hydrogen-bond donors (Lipinski definition) is 3. The molecule has 3 aromatic rings. The van der Waals surface area contributed by atoms with Gasteiger partial charge in [0.1, 0.15) is 23.9 Å². The van der Waals surface area contributed by atoms with Gasteiger partial charge in [0.15, 0.2) is 0 Å². The largest absolute Gasteiger partial charge is 0.390 e. The van der Waals surface area contributed by atoms with Gasteiger partial charge in [-0.05, 0) is 43.5 Å². The number of ketones is 1. The Morgan fingerprint density at radius 1 is 1.31 bits per heavy atom. The molecule has 0 unspecified atom stereocenters. The average Bonchev–Trinajstić information content (AvgIpc) is 3.45. The van der Waals surface area contributed by atoms with Gasteiger partial charge in [0.05, 0.1) is 17.7 Å². The fourth-order valence-corrected chi connectivity index (χ4v) is 4.99. The van der Waals surface area contributed by atoms with Crippen LogP contribution in [-0.2, 0) is 14.5 Å². The summed E-state index contributed by atoms with van der Waals surface area (Å²) in [7, 11) is -2.72. The quantitative estimate of drug-likeness (QED) is 0.332. The monoisotopic (exact) mass is 564 g/mol. The molecule has 0 radical (unpaired) electrons. The zero-order valence-corrected chi connectivity index (χ0v) is 21.4. The van der Waals surface area contributed by atoms with E-state index in [2.05, 4.69) is 41.0 Å². The summed E-state index contributed by atoms with van der Waals surface area (Å²) >= 11 is 3.47. The number of aliphatic hydroxyl groups is 1. The summed E-state index contributed by atoms with van der Waals surface area (Å²) in [5.74, 6) is -0.0914. The number of hydrogen-bond acceptors (Lipinski definition) is 9. The molecule has 11 nitrogen and oxygen atoms in total. The minimum atomic E-state index is -3.95. The lowest BCUT2D eigenvalue weighted by atomic mass is 10.1. The van der Waals surface area contributed by atoms with Crippen LogP contribution in [0.4, 0.5) is 5.82 Å². The van der Waals surface area contributed by atoms with Crippen molar-refractivity contribution in [2.45, 2.75) is 44.1 Å². The lowest BCUT2D eigenvalue weighted by molar-refractivity contribution is 0.0636. The third-order valence-corrected chi connectivity index (χ3v) is 7.33. The number of aromatic nitrogens is 4. The minimum Gasteiger partial charge on any atom is -0.390 e. The number of aliphatic hydroxyl groups excluding tert-OH is 1. The topological polar surface area (TPSA) is 148 Å². The van der Waals surface area contributed by atoms with Gasteiger partial charge in [0.25, 0.3) is 0 Å². The van der Waals surface area contributed by atoms with E-state index in [0.29, 0.717) is 0 Å². The van der Waals surface area contributed by atoms with Crippen molar-refractivity contribution in [3.05, 3.63) is 70.3 Å². The second-order valence-corrected chi connectivity index (χ2v) is 10.6. The second-order valence-electron chi connectivity index (χ2n) is 8.20. The van der Waals surface area contributed by atoms with Crippen LogP contribution >= 0.6 is 15.9 Å². The van der Waals surface area contributed by atoms with Gasteiger partial charge < -0.3 is 10.4 Å². The van der Waals surface area contributed by atoms with Crippen LogP contribution in [-0.4, -0.2) is 64.4 Å². The zero-order chi connectivity index (χ0) is 25.2. The van der Waals surface area contributed by atoms with E-state index in [0.717, 1.165) is 10.0 Å². The molecule has 186 valence electrons. The van der Waals surface area contributed by atoms with E-state index >= 15 is 0 Å². The normalized spacial score (nSPS) is 21.1. The Hall–Kier alpha value is -2.71. The fraction of sp³-hybridized carbons (Fsp3) is 0.364. The summed E-state index contributed by atoms with van der Waals surface area (Å²) < 4.78 is 33.1. The highest BCUT2D eigenvalue weighted by Gasteiger charge is 2.37. The lowest BCUT2D eigenvalue weighted by Gasteiger charge is -2.16. The Balaban J connectivity index is 1.49. The SMILES string of the molecule is CNS(=O)(=O)O[C@@H]1C[C@H](Nc2ncncc2C(=O)c2ccn([C@H](C)c3cccc(Br)c3)n2)C[C@@H]1O. The van der Waals surface area contributed by atoms with E-state index in [4.69, 9.17) is 4.18 Å². The van der Waals surface area contributed by atoms with Gasteiger partial charge in [-0.2, -0.15) is 18.2 Å². The van der Waals surface area contributed by atoms with Crippen molar-refractivity contribution in [2.75, 3.05) is 12.4 Å². The number of rotatable bonds is 9. The molecule has 1 saturated carbocycles. The molecule has 2 aromatic heterocycles. The molecule has 0 saturated heterocycles. The molecule has 1 aliphatic carbocycles. The first kappa shape index (κ1) is 25.4. The number of carbonyl (C=O) groups excluding carboxylic acids is 1. The minimum absolute atomic E-state index is 0.0931. The summed E-state index contributed by atoms with van der Waals surface area (Å²) in [5.41, 5.74) is 1.48. The molecule has 0 spiro atoms. The molecule has 1 aliphatic rings. The Morgan fingerprint density at radius 2 is 2.11 bits per heavy atom. The predicted molar refractivity (Wildman–Crippen MR) is 131 cm³/mol. The standard InChI is InChI=1S/C22H25BrN6O5S/c1-13(14-4-3-5-15(23)8-14)29-7-6-18(28-29)21(31)17-11-25-12-26-22(17)27-16-9-19(30)20(10-16)34-35(32,33)24-2/h3-8,11-13,16,19-20,24,30H,9-10H2,1-2H3,(H,25,26,27)/t13-,16-,19+,20-/m1/s1. The maximum atomic E-state index is 13.3. The molecule has 4 atom stereocenters. The summed E-state index contributed by atoms with van der Waals surface area (Å²) in [6.07, 6.45) is 2.97. The molecule has 13 heteroatoms. The fourth-order valence-electron chi connectivity index (χ4n) is 3.95. The average molecular weight is 565 g/mol. The van der Waals surface area contributed by atoms with Crippen molar-refractivity contribution in [1.82, 2.24) is 24.5 Å². The molecule has 0 aliphatic heterocycles. The van der Waals surface area contributed by atoms with Crippen LogP contribution < -0.4 is 10.0 Å². The van der Waals surface area contributed by atoms with Crippen molar-refractivity contribution in [3.8, 4) is 0 Å². The number of anilines is 1. The first-order chi connectivity index (χ1) is 16.7. The van der Waals surface area contributed by atoms with Crippen LogP contribution in [0.3, 0.4) is 0 Å². The molecule has 3 N–H and O–H groups in total. The van der Waals surface area contributed by atoms with Crippen molar-refractivity contribution in [3.63, 3.8) is 0 Å². The summed E-state index contributed by atoms with van der Waals surface area (Å²) in [5, 5.41) is 17.8. The Bertz CT molecular complexity index is 1320. The first-order valence-corrected chi connectivity index (χ1v) is 13.1. The third kappa shape index (κ3) is 5.93. The van der Waals surface area contributed by atoms with Crippen molar-refractivity contribution in [2.24, 2.45) is 0 Å². The molecular formula is C22H25BrN6O5S. The van der Waals surface area contributed by atoms with E-state index in [1.807, 2.05) is 31.2 Å². The molecule has 1 aromatic carbocycles. The van der Waals surface area contributed by atoms with Crippen LogP contribution in [0.2, 0.25) is 0 Å². The number of nitrogens with one attached hydrogen (secondary N) is 2. The molecule has 0 amide bonds. The van der Waals surface area contributed by atoms with Crippen LogP contribution in [0.15, 0.2) is 53.5 Å². The molecule has 4 rings (SSSR count). The van der Waals surface area contributed by atoms with Crippen molar-refractivity contribution >= 4 is 37.8 Å². The van der Waals surface area contributed by atoms with Gasteiger partial charge in [-0.15, -0.1) is 0 Å². The van der Waals surface area contributed by atoms with Gasteiger partial charge in [0, 0.05) is 30.0 Å². The predicted octanol–water partition coefficient (Wildman–Crippen LogP) is 2.06. The summed E-state index contributed by atoms with van der Waals surface area (Å²) in [6.45, 7) is 1.99. The molecule has 1 fully saturated rings. The van der Waals surface area contributed by atoms with E-state index < -0.39 is 22.5 Å². The third-order valence-electron chi connectivity index (χ3n) is 5.84. The van der Waals surface area contributed by atoms with E-state index in [-0.39, 0.29) is 47.8 Å². The van der Waals surface area contributed by atoms with Gasteiger partial charge >= 0.3 is 10.3 Å². The van der Waals surface area contributed by atoms with E-state index in [1.165, 1.54) is 19.6 Å². The van der Waals surface area contributed by atoms with Crippen LogP contribution in [0, 0.1) is 0 Å². The van der Waals surface area contributed by atoms with Gasteiger partial charge in [0.2, 0.25) is 5.78 Å². The number of benzene rings is 1. The Morgan fingerprint density at radius 3 is 2.86 bits per heavy atom. The number of carbonyl (C=O) groups is 1. The second kappa shape index (κ2) is 10.5.